The van der Waals surface area contributed by atoms with Crippen LogP contribution < -0.4 is 0 Å². The van der Waals surface area contributed by atoms with E-state index < -0.39 is 0 Å². The number of imidazole rings is 1. The molecular weight excluding hydrogens is 468 g/mol. The van der Waals surface area contributed by atoms with Crippen LogP contribution in [0.25, 0.3) is 11.0 Å². The van der Waals surface area contributed by atoms with Crippen molar-refractivity contribution in [2.75, 3.05) is 7.05 Å². The molecule has 3 rings (SSSR count). The van der Waals surface area contributed by atoms with Crippen LogP contribution in [0.15, 0.2) is 48.8 Å². The maximum Gasteiger partial charge on any atom is 0.254 e. The number of aryl methyl sites for hydroxylation is 1. The molecule has 2 aromatic heterocycles. The minimum Gasteiger partial charge on any atom is -0.334 e. The lowest BCUT2D eigenvalue weighted by Crippen LogP contribution is -2.27. The second kappa shape index (κ2) is 17.8. The third kappa shape index (κ3) is 10.2. The van der Waals surface area contributed by atoms with Gasteiger partial charge in [-0.25, -0.2) is 4.98 Å². The number of hydrogen-bond acceptors (Lipinski definition) is 3. The van der Waals surface area contributed by atoms with Gasteiger partial charge in [0.15, 0.2) is 0 Å². The molecule has 0 bridgehead atoms. The molecule has 0 spiro atoms. The average molecular weight is 519 g/mol. The van der Waals surface area contributed by atoms with Crippen LogP contribution in [0, 0.1) is 0 Å². The molecule has 5 nitrogen and oxygen atoms in total. The van der Waals surface area contributed by atoms with Crippen LogP contribution in [0.3, 0.4) is 0 Å². The van der Waals surface area contributed by atoms with Crippen molar-refractivity contribution in [3.63, 3.8) is 0 Å². The van der Waals surface area contributed by atoms with E-state index in [9.17, 15) is 4.79 Å². The summed E-state index contributed by atoms with van der Waals surface area (Å²) in [5, 5.41) is 0. The maximum absolute atomic E-state index is 12.9. The third-order valence-corrected chi connectivity index (χ3v) is 7.62. The van der Waals surface area contributed by atoms with Crippen molar-refractivity contribution < 1.29 is 4.79 Å². The number of fused-ring (bicyclic) bond motifs is 1. The summed E-state index contributed by atoms with van der Waals surface area (Å²) in [6, 6.07) is 11.8. The molecule has 0 N–H and O–H groups in total. The van der Waals surface area contributed by atoms with Crippen LogP contribution in [0.1, 0.15) is 126 Å². The number of aromatic nitrogens is 3. The van der Waals surface area contributed by atoms with Crippen LogP contribution in [0.2, 0.25) is 0 Å². The fourth-order valence-corrected chi connectivity index (χ4v) is 5.31. The van der Waals surface area contributed by atoms with Gasteiger partial charge in [0.2, 0.25) is 0 Å². The molecule has 1 aromatic carbocycles. The van der Waals surface area contributed by atoms with Crippen molar-refractivity contribution in [2.24, 2.45) is 0 Å². The second-order valence-electron chi connectivity index (χ2n) is 10.9. The number of benzene rings is 1. The zero-order chi connectivity index (χ0) is 26.8. The number of para-hydroxylation sites is 2. The summed E-state index contributed by atoms with van der Waals surface area (Å²) in [5.41, 5.74) is 2.82. The number of unbranched alkanes of at least 4 members (excludes halogenated alkanes) is 15. The van der Waals surface area contributed by atoms with E-state index in [1.165, 1.54) is 96.3 Å². The lowest BCUT2D eigenvalue weighted by atomic mass is 10.0. The largest absolute Gasteiger partial charge is 0.334 e. The summed E-state index contributed by atoms with van der Waals surface area (Å²) >= 11 is 0. The fourth-order valence-electron chi connectivity index (χ4n) is 5.31. The molecule has 0 aliphatic heterocycles. The van der Waals surface area contributed by atoms with E-state index >= 15 is 0 Å². The molecule has 3 aromatic rings. The highest BCUT2D eigenvalue weighted by Crippen LogP contribution is 2.20. The summed E-state index contributed by atoms with van der Waals surface area (Å²) in [4.78, 5) is 23.5. The van der Waals surface area contributed by atoms with Crippen molar-refractivity contribution in [1.29, 1.82) is 0 Å². The number of carbonyl (C=O) groups is 1. The van der Waals surface area contributed by atoms with Gasteiger partial charge in [0.25, 0.3) is 5.91 Å². The van der Waals surface area contributed by atoms with Gasteiger partial charge in [0.1, 0.15) is 5.82 Å². The van der Waals surface area contributed by atoms with E-state index in [0.717, 1.165) is 29.8 Å². The Balaban J connectivity index is 1.32. The SMILES string of the molecule is CCCCCCCCCCCCCCCCCCn1c(CN(C)C(=O)c2ccncc2)nc2ccccc21. The van der Waals surface area contributed by atoms with Gasteiger partial charge < -0.3 is 9.47 Å². The molecule has 0 unspecified atom stereocenters. The first-order chi connectivity index (χ1) is 18.7. The third-order valence-electron chi connectivity index (χ3n) is 7.62. The number of amides is 1. The molecule has 5 heteroatoms. The minimum atomic E-state index is -0.00610. The smallest absolute Gasteiger partial charge is 0.254 e. The van der Waals surface area contributed by atoms with Crippen molar-refractivity contribution in [3.8, 4) is 0 Å². The van der Waals surface area contributed by atoms with Crippen LogP contribution in [-0.2, 0) is 13.1 Å². The Labute approximate surface area is 231 Å². The van der Waals surface area contributed by atoms with Crippen molar-refractivity contribution in [3.05, 3.63) is 60.2 Å². The normalized spacial score (nSPS) is 11.3. The Bertz CT molecular complexity index is 1050. The molecule has 0 atom stereocenters. The first kappa shape index (κ1) is 29.9. The van der Waals surface area contributed by atoms with Gasteiger partial charge in [-0.05, 0) is 30.7 Å². The molecule has 2 heterocycles. The molecule has 0 fully saturated rings. The molecule has 0 aliphatic carbocycles. The van der Waals surface area contributed by atoms with E-state index in [1.807, 2.05) is 13.1 Å². The van der Waals surface area contributed by atoms with Crippen LogP contribution in [0.5, 0.6) is 0 Å². The summed E-state index contributed by atoms with van der Waals surface area (Å²) in [5.74, 6) is 0.950. The first-order valence-corrected chi connectivity index (χ1v) is 15.3. The minimum absolute atomic E-state index is 0.00610. The monoisotopic (exact) mass is 518 g/mol. The number of nitrogens with zero attached hydrogens (tertiary/aromatic N) is 4. The molecule has 208 valence electrons. The summed E-state index contributed by atoms with van der Waals surface area (Å²) < 4.78 is 2.31. The topological polar surface area (TPSA) is 51.0 Å². The van der Waals surface area contributed by atoms with Crippen LogP contribution >= 0.6 is 0 Å². The molecule has 0 radical (unpaired) electrons. The van der Waals surface area contributed by atoms with Gasteiger partial charge in [0, 0.05) is 31.5 Å². The second-order valence-corrected chi connectivity index (χ2v) is 10.9. The Kier molecular flexibility index (Phi) is 13.9. The molecule has 0 saturated heterocycles. The molecule has 0 aliphatic rings. The van der Waals surface area contributed by atoms with Gasteiger partial charge in [-0.15, -0.1) is 0 Å². The Hall–Kier alpha value is -2.69. The molecular formula is C33H50N4O. The highest BCUT2D eigenvalue weighted by atomic mass is 16.2. The summed E-state index contributed by atoms with van der Waals surface area (Å²) in [6.45, 7) is 3.73. The standard InChI is InChI=1S/C33H50N4O/c1-3-4-5-6-7-8-9-10-11-12-13-14-15-16-17-20-27-37-31-22-19-18-21-30(31)35-32(37)28-36(2)33(38)29-23-25-34-26-24-29/h18-19,21-26H,3-17,20,27-28H2,1-2H3. The lowest BCUT2D eigenvalue weighted by molar-refractivity contribution is 0.0780. The number of rotatable bonds is 20. The predicted octanol–water partition coefficient (Wildman–Crippen LogP) is 8.97. The lowest BCUT2D eigenvalue weighted by Gasteiger charge is -2.18. The molecule has 38 heavy (non-hydrogen) atoms. The summed E-state index contributed by atoms with van der Waals surface area (Å²) in [6.07, 6.45) is 25.3. The molecule has 0 saturated carbocycles. The maximum atomic E-state index is 12.9. The Morgan fingerprint density at radius 2 is 1.26 bits per heavy atom. The van der Waals surface area contributed by atoms with Crippen molar-refractivity contribution in [2.45, 2.75) is 123 Å². The first-order valence-electron chi connectivity index (χ1n) is 15.3. The Morgan fingerprint density at radius 1 is 0.737 bits per heavy atom. The van der Waals surface area contributed by atoms with Gasteiger partial charge in [-0.3, -0.25) is 9.78 Å². The van der Waals surface area contributed by atoms with Gasteiger partial charge in [0.05, 0.1) is 17.6 Å². The average Bonchev–Trinajstić information content (AvgIpc) is 3.29. The van der Waals surface area contributed by atoms with E-state index in [1.54, 1.807) is 29.4 Å². The van der Waals surface area contributed by atoms with E-state index in [2.05, 4.69) is 34.7 Å². The number of hydrogen-bond donors (Lipinski definition) is 0. The highest BCUT2D eigenvalue weighted by molar-refractivity contribution is 5.93. The van der Waals surface area contributed by atoms with Crippen molar-refractivity contribution >= 4 is 16.9 Å². The van der Waals surface area contributed by atoms with E-state index in [-0.39, 0.29) is 5.91 Å². The zero-order valence-corrected chi connectivity index (χ0v) is 24.0. The fraction of sp³-hybridized carbons (Fsp3) is 0.606. The predicted molar refractivity (Wildman–Crippen MR) is 159 cm³/mol. The summed E-state index contributed by atoms with van der Waals surface area (Å²) in [7, 11) is 1.85. The van der Waals surface area contributed by atoms with Crippen LogP contribution in [0.4, 0.5) is 0 Å². The van der Waals surface area contributed by atoms with Crippen molar-refractivity contribution in [1.82, 2.24) is 19.4 Å². The van der Waals surface area contributed by atoms with Crippen LogP contribution in [-0.4, -0.2) is 32.4 Å². The Morgan fingerprint density at radius 3 is 1.84 bits per heavy atom. The zero-order valence-electron chi connectivity index (χ0n) is 24.0. The quantitative estimate of drug-likeness (QED) is 0.140. The highest BCUT2D eigenvalue weighted by Gasteiger charge is 2.17. The number of pyridine rings is 1. The van der Waals surface area contributed by atoms with Gasteiger partial charge in [-0.1, -0.05) is 115 Å². The molecule has 1 amide bonds. The number of carbonyl (C=O) groups excluding carboxylic acids is 1. The van der Waals surface area contributed by atoms with E-state index in [4.69, 9.17) is 4.98 Å². The van der Waals surface area contributed by atoms with E-state index in [0.29, 0.717) is 12.1 Å². The van der Waals surface area contributed by atoms with Gasteiger partial charge in [-0.2, -0.15) is 0 Å². The van der Waals surface area contributed by atoms with Gasteiger partial charge >= 0.3 is 0 Å².